The number of methoxy groups -OCH3 is 1. The van der Waals surface area contributed by atoms with Gasteiger partial charge in [-0.05, 0) is 34.2 Å². The Hall–Kier alpha value is -1.26. The van der Waals surface area contributed by atoms with Crippen LogP contribution in [0.5, 0.6) is 0 Å². The second kappa shape index (κ2) is 8.40. The van der Waals surface area contributed by atoms with Crippen LogP contribution in [0.4, 0.5) is 5.95 Å². The first-order valence-electron chi connectivity index (χ1n) is 8.35. The lowest BCUT2D eigenvalue weighted by Crippen LogP contribution is -2.48. The molecule has 1 aliphatic heterocycles. The lowest BCUT2D eigenvalue weighted by Gasteiger charge is -2.33. The number of rotatable bonds is 5. The van der Waals surface area contributed by atoms with Crippen molar-refractivity contribution in [1.29, 1.82) is 0 Å². The summed E-state index contributed by atoms with van der Waals surface area (Å²) in [6.07, 6.45) is 10.7. The molecule has 146 valence electrons. The van der Waals surface area contributed by atoms with Gasteiger partial charge >= 0.3 is 0 Å². The Balaban J connectivity index is 1.64. The highest BCUT2D eigenvalue weighted by atomic mass is 79.9. The summed E-state index contributed by atoms with van der Waals surface area (Å²) in [4.78, 5) is 10.5. The number of sulfonamides is 1. The summed E-state index contributed by atoms with van der Waals surface area (Å²) in [5, 5.41) is 1.84. The van der Waals surface area contributed by atoms with Crippen LogP contribution in [0, 0.1) is 0 Å². The van der Waals surface area contributed by atoms with E-state index in [0.29, 0.717) is 43.6 Å². The van der Waals surface area contributed by atoms with Gasteiger partial charge in [-0.15, -0.1) is 0 Å². The van der Waals surface area contributed by atoms with E-state index in [0.717, 1.165) is 4.47 Å². The van der Waals surface area contributed by atoms with E-state index in [-0.39, 0.29) is 0 Å². The van der Waals surface area contributed by atoms with Gasteiger partial charge in [0.2, 0.25) is 16.0 Å². The zero-order valence-corrected chi connectivity index (χ0v) is 17.9. The number of allylic oxidation sites excluding steroid dienone is 2. The minimum atomic E-state index is -3.55. The van der Waals surface area contributed by atoms with Crippen LogP contribution in [0.3, 0.4) is 0 Å². The van der Waals surface area contributed by atoms with Gasteiger partial charge in [0, 0.05) is 62.5 Å². The third kappa shape index (κ3) is 4.97. The second-order valence-electron chi connectivity index (χ2n) is 6.22. The van der Waals surface area contributed by atoms with Gasteiger partial charge < -0.3 is 9.64 Å². The monoisotopic (exact) mass is 474 g/mol. The standard InChI is InChI=1S/C17H20BrClN4O3S/c1-26-17(4-2-15(19)3-5-17)6-11-27(24,25)23-9-7-22(8-10-23)16-20-12-14(18)13-21-16/h2-4,6,11-13H,5,7-10H2,1H3/b11-6+. The van der Waals surface area contributed by atoms with Gasteiger partial charge in [0.25, 0.3) is 0 Å². The maximum Gasteiger partial charge on any atom is 0.236 e. The van der Waals surface area contributed by atoms with Crippen molar-refractivity contribution < 1.29 is 13.2 Å². The summed E-state index contributed by atoms with van der Waals surface area (Å²) in [7, 11) is -2.00. The van der Waals surface area contributed by atoms with Gasteiger partial charge in [0.1, 0.15) is 5.60 Å². The Labute approximate surface area is 172 Å². The molecule has 1 aromatic rings. The fourth-order valence-electron chi connectivity index (χ4n) is 2.86. The minimum absolute atomic E-state index is 0.369. The quantitative estimate of drug-likeness (QED) is 0.652. The molecule has 0 amide bonds. The largest absolute Gasteiger partial charge is 0.370 e. The third-order valence-corrected chi connectivity index (χ3v) is 6.79. The van der Waals surface area contributed by atoms with Gasteiger partial charge in [-0.1, -0.05) is 17.7 Å². The second-order valence-corrected chi connectivity index (χ2v) is 9.39. The van der Waals surface area contributed by atoms with Gasteiger partial charge in [-0.2, -0.15) is 4.31 Å². The minimum Gasteiger partial charge on any atom is -0.370 e. The number of halogens is 2. The van der Waals surface area contributed by atoms with E-state index in [1.165, 1.54) is 9.71 Å². The molecule has 0 spiro atoms. The lowest BCUT2D eigenvalue weighted by molar-refractivity contribution is 0.0759. The number of piperazine rings is 1. The molecule has 1 unspecified atom stereocenters. The summed E-state index contributed by atoms with van der Waals surface area (Å²) >= 11 is 9.24. The van der Waals surface area contributed by atoms with Crippen LogP contribution >= 0.6 is 27.5 Å². The van der Waals surface area contributed by atoms with E-state index in [4.69, 9.17) is 16.3 Å². The van der Waals surface area contributed by atoms with E-state index in [2.05, 4.69) is 25.9 Å². The van der Waals surface area contributed by atoms with Crippen molar-refractivity contribution in [3.63, 3.8) is 0 Å². The molecule has 1 saturated heterocycles. The van der Waals surface area contributed by atoms with Crippen molar-refractivity contribution in [1.82, 2.24) is 14.3 Å². The van der Waals surface area contributed by atoms with E-state index in [9.17, 15) is 8.42 Å². The average molecular weight is 476 g/mol. The molecule has 7 nitrogen and oxygen atoms in total. The van der Waals surface area contributed by atoms with E-state index < -0.39 is 15.6 Å². The molecule has 2 heterocycles. The maximum absolute atomic E-state index is 12.7. The Morgan fingerprint density at radius 1 is 1.26 bits per heavy atom. The highest BCUT2D eigenvalue weighted by molar-refractivity contribution is 9.10. The first-order valence-corrected chi connectivity index (χ1v) is 11.0. The van der Waals surface area contributed by atoms with Crippen molar-refractivity contribution in [2.24, 2.45) is 0 Å². The van der Waals surface area contributed by atoms with Crippen LogP contribution in [0.15, 0.2) is 51.6 Å². The average Bonchev–Trinajstić information content (AvgIpc) is 2.69. The Bertz CT molecular complexity index is 865. The van der Waals surface area contributed by atoms with Crippen LogP contribution in [0.25, 0.3) is 0 Å². The molecule has 27 heavy (non-hydrogen) atoms. The summed E-state index contributed by atoms with van der Waals surface area (Å²) in [6, 6.07) is 0. The molecular weight excluding hydrogens is 456 g/mol. The van der Waals surface area contributed by atoms with Crippen molar-refractivity contribution in [3.05, 3.63) is 51.6 Å². The van der Waals surface area contributed by atoms with Gasteiger partial charge in [0.05, 0.1) is 4.47 Å². The Morgan fingerprint density at radius 3 is 2.48 bits per heavy atom. The molecule has 1 atom stereocenters. The zero-order valence-electron chi connectivity index (χ0n) is 14.8. The molecule has 0 bridgehead atoms. The molecule has 0 radical (unpaired) electrons. The Morgan fingerprint density at radius 2 is 1.93 bits per heavy atom. The molecule has 3 rings (SSSR count). The van der Waals surface area contributed by atoms with Gasteiger partial charge in [-0.25, -0.2) is 18.4 Å². The first kappa shape index (κ1) is 20.5. The number of aromatic nitrogens is 2. The number of hydrogen-bond acceptors (Lipinski definition) is 6. The van der Waals surface area contributed by atoms with E-state index in [1.54, 1.807) is 43.8 Å². The zero-order chi connectivity index (χ0) is 19.5. The first-order chi connectivity index (χ1) is 12.8. The van der Waals surface area contributed by atoms with Crippen LogP contribution in [0.1, 0.15) is 6.42 Å². The van der Waals surface area contributed by atoms with Crippen LogP contribution < -0.4 is 4.90 Å². The topological polar surface area (TPSA) is 75.6 Å². The Kier molecular flexibility index (Phi) is 6.37. The lowest BCUT2D eigenvalue weighted by atomic mass is 9.95. The molecule has 1 aliphatic carbocycles. The summed E-state index contributed by atoms with van der Waals surface area (Å²) in [6.45, 7) is 1.80. The third-order valence-electron chi connectivity index (χ3n) is 4.53. The molecule has 1 fully saturated rings. The molecule has 0 saturated carbocycles. The predicted molar refractivity (Wildman–Crippen MR) is 109 cm³/mol. The van der Waals surface area contributed by atoms with Crippen LogP contribution in [-0.4, -0.2) is 61.6 Å². The normalized spacial score (nSPS) is 24.4. The molecule has 0 aromatic carbocycles. The number of ether oxygens (including phenoxy) is 1. The highest BCUT2D eigenvalue weighted by Crippen LogP contribution is 2.28. The van der Waals surface area contributed by atoms with Gasteiger partial charge in [0.15, 0.2) is 0 Å². The smallest absolute Gasteiger partial charge is 0.236 e. The summed E-state index contributed by atoms with van der Waals surface area (Å²) < 4.78 is 33.2. The van der Waals surface area contributed by atoms with Crippen LogP contribution in [-0.2, 0) is 14.8 Å². The van der Waals surface area contributed by atoms with Crippen molar-refractivity contribution >= 4 is 43.5 Å². The fraction of sp³-hybridized carbons (Fsp3) is 0.412. The van der Waals surface area contributed by atoms with Crippen molar-refractivity contribution in [2.75, 3.05) is 38.2 Å². The van der Waals surface area contributed by atoms with Crippen molar-refractivity contribution in [3.8, 4) is 0 Å². The molecule has 2 aliphatic rings. The highest BCUT2D eigenvalue weighted by Gasteiger charge is 2.29. The molecular formula is C17H20BrClN4O3S. The van der Waals surface area contributed by atoms with Gasteiger partial charge in [-0.3, -0.25) is 0 Å². The molecule has 0 N–H and O–H groups in total. The summed E-state index contributed by atoms with van der Waals surface area (Å²) in [5.41, 5.74) is -0.793. The molecule has 1 aromatic heterocycles. The van der Waals surface area contributed by atoms with E-state index >= 15 is 0 Å². The number of hydrogen-bond donors (Lipinski definition) is 0. The van der Waals surface area contributed by atoms with Crippen molar-refractivity contribution in [2.45, 2.75) is 12.0 Å². The maximum atomic E-state index is 12.7. The van der Waals surface area contributed by atoms with E-state index in [1.807, 2.05) is 4.90 Å². The fourth-order valence-corrected chi connectivity index (χ4v) is 4.45. The predicted octanol–water partition coefficient (Wildman–Crippen LogP) is 2.67. The SMILES string of the molecule is COC1(/C=C/S(=O)(=O)N2CCN(c3ncc(Br)cn3)CC2)C=CC(Cl)=CC1. The number of anilines is 1. The van der Waals surface area contributed by atoms with Crippen LogP contribution in [0.2, 0.25) is 0 Å². The number of nitrogens with zero attached hydrogens (tertiary/aromatic N) is 4. The molecule has 10 heteroatoms. The summed E-state index contributed by atoms with van der Waals surface area (Å²) in [5.74, 6) is 0.597.